The van der Waals surface area contributed by atoms with Crippen LogP contribution in [-0.4, -0.2) is 34.6 Å². The molecule has 0 spiro atoms. The van der Waals surface area contributed by atoms with Gasteiger partial charge in [-0.25, -0.2) is 0 Å². The van der Waals surface area contributed by atoms with Gasteiger partial charge >= 0.3 is 0 Å². The first kappa shape index (κ1) is 11.7. The summed E-state index contributed by atoms with van der Waals surface area (Å²) in [5.74, 6) is -0.0959. The summed E-state index contributed by atoms with van der Waals surface area (Å²) in [7, 11) is 0. The summed E-state index contributed by atoms with van der Waals surface area (Å²) in [5, 5.41) is 9.97. The van der Waals surface area contributed by atoms with Gasteiger partial charge in [-0.2, -0.15) is 0 Å². The molecule has 1 N–H and O–H groups in total. The van der Waals surface area contributed by atoms with Gasteiger partial charge in [0.1, 0.15) is 0 Å². The lowest BCUT2D eigenvalue weighted by molar-refractivity contribution is -0.0860. The number of rotatable bonds is 3. The lowest BCUT2D eigenvalue weighted by Crippen LogP contribution is -2.63. The molecule has 1 aliphatic rings. The Bertz CT molecular complexity index is 396. The molecule has 2 heterocycles. The quantitative estimate of drug-likeness (QED) is 0.926. The van der Waals surface area contributed by atoms with Crippen LogP contribution in [-0.2, 0) is 0 Å². The Hall–Kier alpha value is -0.810. The lowest BCUT2D eigenvalue weighted by Gasteiger charge is -2.46. The van der Waals surface area contributed by atoms with Gasteiger partial charge in [0.25, 0.3) is 5.91 Å². The molecule has 0 radical (unpaired) electrons. The molecule has 0 bridgehead atoms. The first-order valence-electron chi connectivity index (χ1n) is 5.30. The summed E-state index contributed by atoms with van der Waals surface area (Å²) in [6.45, 7) is 2.85. The molecule has 0 unspecified atom stereocenters. The van der Waals surface area contributed by atoms with Crippen LogP contribution in [0.2, 0.25) is 0 Å². The number of carbonyl (C=O) groups excluding carboxylic acids is 1. The van der Waals surface area contributed by atoms with Crippen LogP contribution < -0.4 is 0 Å². The van der Waals surface area contributed by atoms with E-state index in [1.54, 1.807) is 11.0 Å². The van der Waals surface area contributed by atoms with Gasteiger partial charge in [-0.15, -0.1) is 0 Å². The van der Waals surface area contributed by atoms with Crippen molar-refractivity contribution in [2.24, 2.45) is 0 Å². The van der Waals surface area contributed by atoms with Gasteiger partial charge < -0.3 is 14.4 Å². The van der Waals surface area contributed by atoms with E-state index in [0.717, 1.165) is 12.8 Å². The molecule has 4 nitrogen and oxygen atoms in total. The number of likely N-dealkylation sites (tertiary alicyclic amines) is 1. The second kappa shape index (κ2) is 4.22. The SMILES string of the molecule is CCCC1(O)CN(C(=O)c2ccoc2Br)C1. The van der Waals surface area contributed by atoms with E-state index >= 15 is 0 Å². The minimum Gasteiger partial charge on any atom is -0.457 e. The monoisotopic (exact) mass is 287 g/mol. The summed E-state index contributed by atoms with van der Waals surface area (Å²) in [6.07, 6.45) is 3.13. The van der Waals surface area contributed by atoms with E-state index in [1.165, 1.54) is 6.26 Å². The smallest absolute Gasteiger partial charge is 0.258 e. The van der Waals surface area contributed by atoms with Crippen LogP contribution in [0.25, 0.3) is 0 Å². The number of aliphatic hydroxyl groups is 1. The average molecular weight is 288 g/mol. The third kappa shape index (κ3) is 2.01. The number of furan rings is 1. The van der Waals surface area contributed by atoms with Crippen LogP contribution in [0, 0.1) is 0 Å². The van der Waals surface area contributed by atoms with Gasteiger partial charge in [-0.1, -0.05) is 13.3 Å². The normalized spacial score (nSPS) is 18.3. The number of halogens is 1. The van der Waals surface area contributed by atoms with Crippen molar-refractivity contribution >= 4 is 21.8 Å². The van der Waals surface area contributed by atoms with Crippen molar-refractivity contribution in [3.05, 3.63) is 22.6 Å². The summed E-state index contributed by atoms with van der Waals surface area (Å²) < 4.78 is 5.46. The van der Waals surface area contributed by atoms with Crippen LogP contribution in [0.15, 0.2) is 21.4 Å². The third-order valence-corrected chi connectivity index (χ3v) is 3.44. The second-order valence-corrected chi connectivity index (χ2v) is 4.96. The third-order valence-electron chi connectivity index (χ3n) is 2.82. The fourth-order valence-corrected chi connectivity index (χ4v) is 2.46. The maximum Gasteiger partial charge on any atom is 0.258 e. The summed E-state index contributed by atoms with van der Waals surface area (Å²) in [5.41, 5.74) is -0.167. The first-order valence-corrected chi connectivity index (χ1v) is 6.10. The van der Waals surface area contributed by atoms with E-state index < -0.39 is 5.60 Å². The zero-order valence-electron chi connectivity index (χ0n) is 9.07. The molecule has 1 fully saturated rings. The van der Waals surface area contributed by atoms with Gasteiger partial charge in [0.05, 0.1) is 30.5 Å². The van der Waals surface area contributed by atoms with Crippen LogP contribution in [0.4, 0.5) is 0 Å². The molecule has 88 valence electrons. The fourth-order valence-electron chi connectivity index (χ4n) is 2.05. The molecule has 0 saturated carbocycles. The Morgan fingerprint density at radius 1 is 1.69 bits per heavy atom. The second-order valence-electron chi connectivity index (χ2n) is 4.24. The predicted molar refractivity (Wildman–Crippen MR) is 62.2 cm³/mol. The minimum absolute atomic E-state index is 0.0959. The molecule has 0 atom stereocenters. The van der Waals surface area contributed by atoms with E-state index in [4.69, 9.17) is 4.42 Å². The Labute approximate surface area is 102 Å². The van der Waals surface area contributed by atoms with E-state index in [-0.39, 0.29) is 5.91 Å². The van der Waals surface area contributed by atoms with Crippen molar-refractivity contribution in [1.29, 1.82) is 0 Å². The molecule has 1 aliphatic heterocycles. The molecule has 1 amide bonds. The van der Waals surface area contributed by atoms with Crippen molar-refractivity contribution in [3.63, 3.8) is 0 Å². The highest BCUT2D eigenvalue weighted by atomic mass is 79.9. The zero-order chi connectivity index (χ0) is 11.8. The highest BCUT2D eigenvalue weighted by Crippen LogP contribution is 2.29. The molecular weight excluding hydrogens is 274 g/mol. The van der Waals surface area contributed by atoms with Crippen molar-refractivity contribution in [1.82, 2.24) is 4.90 Å². The number of nitrogens with zero attached hydrogens (tertiary/aromatic N) is 1. The molecule has 2 rings (SSSR count). The number of carbonyl (C=O) groups is 1. The Balaban J connectivity index is 1.98. The zero-order valence-corrected chi connectivity index (χ0v) is 10.7. The van der Waals surface area contributed by atoms with E-state index in [0.29, 0.717) is 23.3 Å². The van der Waals surface area contributed by atoms with Gasteiger partial charge in [0.15, 0.2) is 4.67 Å². The van der Waals surface area contributed by atoms with E-state index in [9.17, 15) is 9.90 Å². The molecule has 16 heavy (non-hydrogen) atoms. The predicted octanol–water partition coefficient (Wildman–Crippen LogP) is 2.03. The molecular formula is C11H14BrNO3. The molecule has 5 heteroatoms. The van der Waals surface area contributed by atoms with Crippen molar-refractivity contribution in [2.75, 3.05) is 13.1 Å². The van der Waals surface area contributed by atoms with Crippen molar-refractivity contribution in [2.45, 2.75) is 25.4 Å². The average Bonchev–Trinajstić information content (AvgIpc) is 2.60. The molecule has 1 saturated heterocycles. The van der Waals surface area contributed by atoms with E-state index in [2.05, 4.69) is 15.9 Å². The lowest BCUT2D eigenvalue weighted by atomic mass is 9.89. The summed E-state index contributed by atoms with van der Waals surface area (Å²) >= 11 is 3.17. The Kier molecular flexibility index (Phi) is 3.08. The largest absolute Gasteiger partial charge is 0.457 e. The summed E-state index contributed by atoms with van der Waals surface area (Å²) in [6, 6.07) is 1.63. The minimum atomic E-state index is -0.680. The molecule has 0 aromatic carbocycles. The van der Waals surface area contributed by atoms with E-state index in [1.807, 2.05) is 6.92 Å². The van der Waals surface area contributed by atoms with Gasteiger partial charge in [0, 0.05) is 0 Å². The maximum absolute atomic E-state index is 11.9. The molecule has 1 aromatic rings. The van der Waals surface area contributed by atoms with Crippen LogP contribution in [0.1, 0.15) is 30.1 Å². The van der Waals surface area contributed by atoms with Crippen LogP contribution >= 0.6 is 15.9 Å². The van der Waals surface area contributed by atoms with Crippen molar-refractivity contribution in [3.8, 4) is 0 Å². The van der Waals surface area contributed by atoms with Crippen LogP contribution in [0.3, 0.4) is 0 Å². The first-order chi connectivity index (χ1) is 7.56. The number of amides is 1. The van der Waals surface area contributed by atoms with Crippen LogP contribution in [0.5, 0.6) is 0 Å². The van der Waals surface area contributed by atoms with Gasteiger partial charge in [-0.3, -0.25) is 4.79 Å². The van der Waals surface area contributed by atoms with Gasteiger partial charge in [0.2, 0.25) is 0 Å². The number of hydrogen-bond acceptors (Lipinski definition) is 3. The highest BCUT2D eigenvalue weighted by molar-refractivity contribution is 9.10. The standard InChI is InChI=1S/C11H14BrNO3/c1-2-4-11(15)6-13(7-11)10(14)8-3-5-16-9(8)12/h3,5,15H,2,4,6-7H2,1H3. The molecule has 0 aliphatic carbocycles. The molecule has 1 aromatic heterocycles. The Morgan fingerprint density at radius 3 is 2.88 bits per heavy atom. The fraction of sp³-hybridized carbons (Fsp3) is 0.545. The number of hydrogen-bond donors (Lipinski definition) is 1. The van der Waals surface area contributed by atoms with Gasteiger partial charge in [-0.05, 0) is 28.4 Å². The Morgan fingerprint density at radius 2 is 2.38 bits per heavy atom. The van der Waals surface area contributed by atoms with Crippen molar-refractivity contribution < 1.29 is 14.3 Å². The number of β-amino-alcohol motifs (C(OH)–C–C–N with tert-alkyl or cyclic N) is 1. The highest BCUT2D eigenvalue weighted by Gasteiger charge is 2.43. The summed E-state index contributed by atoms with van der Waals surface area (Å²) in [4.78, 5) is 13.6. The topological polar surface area (TPSA) is 53.7 Å². The maximum atomic E-state index is 11.9.